The van der Waals surface area contributed by atoms with E-state index in [1.54, 1.807) is 6.08 Å². The fourth-order valence-electron chi connectivity index (χ4n) is 6.69. The Morgan fingerprint density at radius 2 is 1.00 bits per heavy atom. The van der Waals surface area contributed by atoms with Crippen LogP contribution in [0.1, 0.15) is 174 Å². The van der Waals surface area contributed by atoms with Crippen molar-refractivity contribution in [3.05, 3.63) is 60.8 Å². The zero-order valence-electron chi connectivity index (χ0n) is 36.1. The van der Waals surface area contributed by atoms with Crippen LogP contribution in [0.4, 0.5) is 0 Å². The van der Waals surface area contributed by atoms with E-state index in [1.807, 2.05) is 6.08 Å². The van der Waals surface area contributed by atoms with E-state index in [0.29, 0.717) is 13.0 Å². The number of carbonyl (C=O) groups is 1. The summed E-state index contributed by atoms with van der Waals surface area (Å²) in [6, 6.07) is 0. The van der Waals surface area contributed by atoms with Crippen molar-refractivity contribution in [3.8, 4) is 0 Å². The standard InChI is InChI=1S/C48H84O9/c1-3-5-7-9-11-13-15-17-19-20-21-22-24-26-28-30-32-34-36-38-54-40-42(41-55-48-47(53)46(52)45(51)43(39-49)57-48)56-44(50)37-35-33-31-29-27-25-23-18-16-14-12-10-8-6-4-2/h6,8,12,14,18,23,27,29,33,35,42-43,45-49,51-53H,3-5,7,9-11,13,15-17,19-22,24-26,28,30-32,34,36-41H2,1-2H3/b8-6-,14-12-,23-18-,29-27-,35-33-. The maximum atomic E-state index is 12.7. The summed E-state index contributed by atoms with van der Waals surface area (Å²) in [5.74, 6) is -0.439. The number of esters is 1. The van der Waals surface area contributed by atoms with Gasteiger partial charge in [-0.15, -0.1) is 0 Å². The molecule has 6 unspecified atom stereocenters. The first-order valence-corrected chi connectivity index (χ1v) is 22.9. The van der Waals surface area contributed by atoms with Crippen molar-refractivity contribution in [2.45, 2.75) is 211 Å². The molecule has 9 heteroatoms. The van der Waals surface area contributed by atoms with Crippen LogP contribution in [0, 0.1) is 0 Å². The monoisotopic (exact) mass is 805 g/mol. The topological polar surface area (TPSA) is 135 Å². The summed E-state index contributed by atoms with van der Waals surface area (Å²) in [5.41, 5.74) is 0. The molecule has 57 heavy (non-hydrogen) atoms. The molecule has 1 aliphatic rings. The number of aliphatic hydroxyl groups is 4. The van der Waals surface area contributed by atoms with Gasteiger partial charge >= 0.3 is 5.97 Å². The molecular formula is C48H84O9. The Morgan fingerprint density at radius 3 is 1.46 bits per heavy atom. The van der Waals surface area contributed by atoms with E-state index in [2.05, 4.69) is 62.5 Å². The van der Waals surface area contributed by atoms with Crippen molar-refractivity contribution in [1.82, 2.24) is 0 Å². The molecule has 0 saturated carbocycles. The summed E-state index contributed by atoms with van der Waals surface area (Å²) in [7, 11) is 0. The number of hydrogen-bond acceptors (Lipinski definition) is 9. The highest BCUT2D eigenvalue weighted by molar-refractivity contribution is 5.71. The molecule has 1 fully saturated rings. The van der Waals surface area contributed by atoms with E-state index in [1.165, 1.54) is 109 Å². The smallest absolute Gasteiger partial charge is 0.310 e. The number of carbonyl (C=O) groups excluding carboxylic acids is 1. The van der Waals surface area contributed by atoms with Gasteiger partial charge in [0.15, 0.2) is 6.29 Å². The third kappa shape index (κ3) is 30.6. The molecule has 1 aliphatic heterocycles. The highest BCUT2D eigenvalue weighted by Crippen LogP contribution is 2.22. The van der Waals surface area contributed by atoms with E-state index >= 15 is 0 Å². The molecular weight excluding hydrogens is 721 g/mol. The molecule has 4 N–H and O–H groups in total. The molecule has 0 spiro atoms. The molecule has 0 aromatic carbocycles. The lowest BCUT2D eigenvalue weighted by atomic mass is 9.99. The van der Waals surface area contributed by atoms with Crippen LogP contribution in [0.15, 0.2) is 60.8 Å². The van der Waals surface area contributed by atoms with Gasteiger partial charge in [0, 0.05) is 6.61 Å². The maximum absolute atomic E-state index is 12.7. The average molecular weight is 805 g/mol. The fraction of sp³-hybridized carbons (Fsp3) is 0.771. The van der Waals surface area contributed by atoms with Gasteiger partial charge in [0.05, 0.1) is 26.2 Å². The summed E-state index contributed by atoms with van der Waals surface area (Å²) in [5, 5.41) is 40.1. The number of ether oxygens (including phenoxy) is 4. The largest absolute Gasteiger partial charge is 0.457 e. The van der Waals surface area contributed by atoms with Crippen LogP contribution < -0.4 is 0 Å². The minimum atomic E-state index is -1.55. The predicted molar refractivity (Wildman–Crippen MR) is 233 cm³/mol. The van der Waals surface area contributed by atoms with Crippen LogP contribution in [-0.2, 0) is 23.7 Å². The van der Waals surface area contributed by atoms with Crippen molar-refractivity contribution in [2.75, 3.05) is 26.4 Å². The number of allylic oxidation sites excluding steroid dienone is 9. The molecule has 1 heterocycles. The first-order valence-electron chi connectivity index (χ1n) is 22.9. The molecule has 9 nitrogen and oxygen atoms in total. The van der Waals surface area contributed by atoms with E-state index < -0.39 is 49.4 Å². The third-order valence-corrected chi connectivity index (χ3v) is 10.2. The Bertz CT molecular complexity index is 1050. The van der Waals surface area contributed by atoms with E-state index in [-0.39, 0.29) is 19.6 Å². The highest BCUT2D eigenvalue weighted by atomic mass is 16.7. The second kappa shape index (κ2) is 39.4. The summed E-state index contributed by atoms with van der Waals surface area (Å²) >= 11 is 0. The summed E-state index contributed by atoms with van der Waals surface area (Å²) in [4.78, 5) is 12.7. The van der Waals surface area contributed by atoms with Gasteiger partial charge in [0.2, 0.25) is 0 Å². The third-order valence-electron chi connectivity index (χ3n) is 10.2. The van der Waals surface area contributed by atoms with E-state index in [9.17, 15) is 25.2 Å². The summed E-state index contributed by atoms with van der Waals surface area (Å²) in [6.45, 7) is 4.33. The highest BCUT2D eigenvalue weighted by Gasteiger charge is 2.44. The Kier molecular flexibility index (Phi) is 36.5. The van der Waals surface area contributed by atoms with Gasteiger partial charge in [-0.2, -0.15) is 0 Å². The van der Waals surface area contributed by atoms with Crippen molar-refractivity contribution < 1.29 is 44.2 Å². The molecule has 0 amide bonds. The average Bonchev–Trinajstić information content (AvgIpc) is 3.21. The maximum Gasteiger partial charge on any atom is 0.310 e. The Labute approximate surface area is 347 Å². The van der Waals surface area contributed by atoms with Crippen LogP contribution in [0.2, 0.25) is 0 Å². The normalized spacial score (nSPS) is 21.0. The second-order valence-corrected chi connectivity index (χ2v) is 15.5. The lowest BCUT2D eigenvalue weighted by molar-refractivity contribution is -0.305. The molecule has 0 radical (unpaired) electrons. The van der Waals surface area contributed by atoms with Gasteiger partial charge in [0.1, 0.15) is 30.5 Å². The zero-order valence-corrected chi connectivity index (χ0v) is 36.1. The SMILES string of the molecule is CC/C=C\C/C=C\C/C=C\C/C=C\C/C=C\CC(=O)OC(COCCCCCCCCCCCCCCCCCCCCC)COC1OC(CO)C(O)C(O)C1O. The summed E-state index contributed by atoms with van der Waals surface area (Å²) in [6.07, 6.45) is 42.8. The fourth-order valence-corrected chi connectivity index (χ4v) is 6.69. The van der Waals surface area contributed by atoms with Gasteiger partial charge in [-0.05, 0) is 38.5 Å². The molecule has 0 aliphatic carbocycles. The number of aliphatic hydroxyl groups excluding tert-OH is 4. The van der Waals surface area contributed by atoms with Crippen molar-refractivity contribution in [3.63, 3.8) is 0 Å². The quantitative estimate of drug-likeness (QED) is 0.0273. The van der Waals surface area contributed by atoms with Crippen LogP contribution in [0.25, 0.3) is 0 Å². The Balaban J connectivity index is 2.29. The Morgan fingerprint density at radius 1 is 0.561 bits per heavy atom. The lowest BCUT2D eigenvalue weighted by Gasteiger charge is -2.39. The minimum Gasteiger partial charge on any atom is -0.457 e. The van der Waals surface area contributed by atoms with Gasteiger partial charge < -0.3 is 39.4 Å². The second-order valence-electron chi connectivity index (χ2n) is 15.5. The number of hydrogen-bond donors (Lipinski definition) is 4. The zero-order chi connectivity index (χ0) is 41.4. The van der Waals surface area contributed by atoms with Gasteiger partial charge in [-0.25, -0.2) is 0 Å². The lowest BCUT2D eigenvalue weighted by Crippen LogP contribution is -2.59. The molecule has 0 aromatic rings. The summed E-state index contributed by atoms with van der Waals surface area (Å²) < 4.78 is 22.7. The van der Waals surface area contributed by atoms with Crippen molar-refractivity contribution in [2.24, 2.45) is 0 Å². The van der Waals surface area contributed by atoms with E-state index in [4.69, 9.17) is 18.9 Å². The predicted octanol–water partition coefficient (Wildman–Crippen LogP) is 10.3. The van der Waals surface area contributed by atoms with Gasteiger partial charge in [0.25, 0.3) is 0 Å². The molecule has 1 saturated heterocycles. The number of unbranched alkanes of at least 4 members (excludes halogenated alkanes) is 18. The van der Waals surface area contributed by atoms with Crippen LogP contribution in [0.5, 0.6) is 0 Å². The number of rotatable bonds is 38. The van der Waals surface area contributed by atoms with Crippen molar-refractivity contribution >= 4 is 5.97 Å². The first-order chi connectivity index (χ1) is 27.9. The molecule has 1 rings (SSSR count). The van der Waals surface area contributed by atoms with E-state index in [0.717, 1.165) is 38.5 Å². The first kappa shape index (κ1) is 52.9. The van der Waals surface area contributed by atoms with Gasteiger partial charge in [-0.1, -0.05) is 190 Å². The van der Waals surface area contributed by atoms with Crippen molar-refractivity contribution in [1.29, 1.82) is 0 Å². The molecule has 6 atom stereocenters. The van der Waals surface area contributed by atoms with Crippen LogP contribution in [-0.4, -0.2) is 89.6 Å². The molecule has 330 valence electrons. The molecule has 0 aromatic heterocycles. The van der Waals surface area contributed by atoms with Crippen LogP contribution >= 0.6 is 0 Å². The van der Waals surface area contributed by atoms with Gasteiger partial charge in [-0.3, -0.25) is 4.79 Å². The van der Waals surface area contributed by atoms with Crippen LogP contribution in [0.3, 0.4) is 0 Å². The molecule has 0 bridgehead atoms. The Hall–Kier alpha value is -2.11. The minimum absolute atomic E-state index is 0.0867.